The summed E-state index contributed by atoms with van der Waals surface area (Å²) in [5, 5.41) is 7.37. The molecule has 18 nitrogen and oxygen atoms in total. The van der Waals surface area contributed by atoms with Gasteiger partial charge in [-0.3, -0.25) is 24.0 Å². The number of nitrogens with one attached hydrogen (secondary N) is 1. The van der Waals surface area contributed by atoms with Crippen molar-refractivity contribution >= 4 is 40.6 Å². The maximum atomic E-state index is 12.9. The standard InChI is InChI=1S/C36H58N5O8P.C15H32N3OP.CH4O/c1-26(2)41(27(3)4)50(47-24-20-37-6)48-25-36(5)17-21-39(22-18-36)31(43)14-10-7-11-19-38-30(42)13-9-8-12-23-46-40-34(44)32-28-15-16-29(49-28)33(32)35(40)45;1-12(2)17(13(3)4)20(19-11-10-16-9)18(14(5)6)15(7)8;1-2/h15-16,26-29,32-33H,7-14,17-25H2,1-5H3,(H,38,42);12-15H,10-11H2,1-8H3;2H,1H3/i5T;;2T. The molecule has 5 unspecified atom stereocenters. The number of imide groups is 1. The fourth-order valence-corrected chi connectivity index (χ4v) is 13.5. The first kappa shape index (κ1) is 61.8. The number of ether oxygens (including phenoxy) is 1. The van der Waals surface area contributed by atoms with Crippen LogP contribution in [-0.4, -0.2) is 169 Å². The van der Waals surface area contributed by atoms with E-state index < -0.39 is 28.8 Å². The lowest BCUT2D eigenvalue weighted by atomic mass is 9.81. The topological polar surface area (TPSA) is 172 Å². The van der Waals surface area contributed by atoms with Crippen LogP contribution in [0.5, 0.6) is 0 Å². The van der Waals surface area contributed by atoms with Crippen molar-refractivity contribution in [1.82, 2.24) is 29.3 Å². The Morgan fingerprint density at radius 2 is 1.25 bits per heavy atom. The Kier molecular flexibility index (Phi) is 29.3. The molecule has 4 heterocycles. The van der Waals surface area contributed by atoms with Gasteiger partial charge in [-0.1, -0.05) is 31.9 Å². The summed E-state index contributed by atoms with van der Waals surface area (Å²) in [6, 6.07) is 2.12. The van der Waals surface area contributed by atoms with Gasteiger partial charge in [0.2, 0.25) is 26.3 Å². The smallest absolute Gasteiger partial charge is 0.260 e. The first-order valence-electron chi connectivity index (χ1n) is 27.5. The number of unbranched alkanes of at least 4 members (excludes halogenated alkanes) is 4. The summed E-state index contributed by atoms with van der Waals surface area (Å²) in [5.74, 6) is -1.45. The zero-order chi connectivity index (χ0) is 55.5. The van der Waals surface area contributed by atoms with Crippen LogP contribution >= 0.6 is 17.0 Å². The normalized spacial score (nSPS) is 21.0. The average molecular weight is 1060 g/mol. The summed E-state index contributed by atoms with van der Waals surface area (Å²) < 4.78 is 45.3. The van der Waals surface area contributed by atoms with Crippen molar-refractivity contribution in [1.29, 1.82) is 1.43 Å². The number of hydrogen-bond donors (Lipinski definition) is 2. The molecule has 4 aliphatic rings. The molecular formula is C52H94N8O10P2. The SMILES string of the molecule is [3H]CC1(COP(OCC[N+]#[C-])N(C(C)C)C(C)C)CCN(C(=O)CCCCCNC(=O)CCCCCON2C(=O)C3C4C=CC(O4)C3C2=O)CC1.[3H]OC.[C-]#[N+]CCOP(N(C(C)C)C(C)C)N(C(C)C)C(C)C. The molecule has 3 fully saturated rings. The Bertz CT molecular complexity index is 1710. The van der Waals surface area contributed by atoms with Gasteiger partial charge in [0.1, 0.15) is 13.2 Å². The number of aliphatic hydroxyl groups is 1. The van der Waals surface area contributed by atoms with Gasteiger partial charge in [-0.15, -0.1) is 0 Å². The van der Waals surface area contributed by atoms with E-state index >= 15 is 0 Å². The second-order valence-electron chi connectivity index (χ2n) is 20.6. The number of carbonyl (C=O) groups is 4. The van der Waals surface area contributed by atoms with Crippen molar-refractivity contribution < 1.29 is 48.8 Å². The third-order valence-corrected chi connectivity index (χ3v) is 17.9. The van der Waals surface area contributed by atoms with Crippen LogP contribution in [-0.2, 0) is 42.3 Å². The highest BCUT2D eigenvalue weighted by atomic mass is 31.2. The Labute approximate surface area is 439 Å². The second kappa shape index (κ2) is 34.1. The Hall–Kier alpha value is -2.70. The van der Waals surface area contributed by atoms with Crippen molar-refractivity contribution in [2.24, 2.45) is 17.3 Å². The summed E-state index contributed by atoms with van der Waals surface area (Å²) in [4.78, 5) is 64.6. The third kappa shape index (κ3) is 20.4. The first-order valence-corrected chi connectivity index (χ1v) is 28.6. The maximum Gasteiger partial charge on any atom is 0.260 e. The molecule has 412 valence electrons. The van der Waals surface area contributed by atoms with Crippen LogP contribution in [0.3, 0.4) is 0 Å². The van der Waals surface area contributed by atoms with Crippen molar-refractivity contribution in [2.75, 3.05) is 66.3 Å². The predicted molar refractivity (Wildman–Crippen MR) is 286 cm³/mol. The van der Waals surface area contributed by atoms with Gasteiger partial charge in [-0.25, -0.2) is 27.2 Å². The monoisotopic (exact) mass is 1060 g/mol. The van der Waals surface area contributed by atoms with Gasteiger partial charge < -0.3 is 43.3 Å². The molecule has 0 aromatic heterocycles. The quantitative estimate of drug-likeness (QED) is 0.0222. The zero-order valence-corrected chi connectivity index (χ0v) is 48.0. The van der Waals surface area contributed by atoms with Crippen molar-refractivity contribution in [3.8, 4) is 0 Å². The van der Waals surface area contributed by atoms with Gasteiger partial charge in [0.05, 0.1) is 37.3 Å². The summed E-state index contributed by atoms with van der Waals surface area (Å²) in [6.45, 7) is 44.4. The van der Waals surface area contributed by atoms with Crippen molar-refractivity contribution in [3.05, 3.63) is 35.0 Å². The van der Waals surface area contributed by atoms with E-state index in [0.29, 0.717) is 109 Å². The molecular weight excluding hydrogens is 959 g/mol. The molecule has 72 heavy (non-hydrogen) atoms. The van der Waals surface area contributed by atoms with E-state index in [1.54, 1.807) is 0 Å². The number of nitrogens with zero attached hydrogens (tertiary/aromatic N) is 7. The Balaban J connectivity index is 0.000000682. The number of likely N-dealkylation sites (tertiary alicyclic amines) is 1. The second-order valence-corrected chi connectivity index (χ2v) is 23.7. The van der Waals surface area contributed by atoms with Crippen molar-refractivity contribution in [3.63, 3.8) is 0 Å². The number of carbonyl (C=O) groups excluding carboxylic acids is 4. The van der Waals surface area contributed by atoms with Gasteiger partial charge in [-0.05, 0) is 127 Å². The summed E-state index contributed by atoms with van der Waals surface area (Å²) in [7, 11) is -0.901. The number of aliphatic hydroxyl groups excluding tert-OH is 1. The lowest BCUT2D eigenvalue weighted by Gasteiger charge is -2.45. The molecule has 5 atom stereocenters. The lowest BCUT2D eigenvalue weighted by molar-refractivity contribution is -0.192. The van der Waals surface area contributed by atoms with Crippen molar-refractivity contribution in [2.45, 2.75) is 203 Å². The molecule has 4 amide bonds. The number of rotatable bonds is 31. The molecule has 0 aromatic carbocycles. The number of piperidine rings is 1. The summed E-state index contributed by atoms with van der Waals surface area (Å²) in [6.07, 6.45) is 9.82. The van der Waals surface area contributed by atoms with Crippen LogP contribution in [0.4, 0.5) is 0 Å². The molecule has 0 saturated carbocycles. The fourth-order valence-electron chi connectivity index (χ4n) is 9.46. The Morgan fingerprint density at radius 3 is 1.74 bits per heavy atom. The van der Waals surface area contributed by atoms with E-state index in [2.05, 4.69) is 117 Å². The predicted octanol–water partition coefficient (Wildman–Crippen LogP) is 9.02. The van der Waals surface area contributed by atoms with E-state index in [1.807, 2.05) is 17.1 Å². The van der Waals surface area contributed by atoms with E-state index in [0.717, 1.165) is 30.7 Å². The molecule has 0 aromatic rings. The van der Waals surface area contributed by atoms with Crippen LogP contribution < -0.4 is 5.32 Å². The van der Waals surface area contributed by atoms with Gasteiger partial charge in [-0.2, -0.15) is 5.06 Å². The molecule has 4 rings (SSSR count). The number of fused-ring (bicyclic) bond motifs is 5. The summed E-state index contributed by atoms with van der Waals surface area (Å²) in [5.41, 5.74) is -0.326. The first-order chi connectivity index (χ1) is 35.2. The highest BCUT2D eigenvalue weighted by molar-refractivity contribution is 7.47. The van der Waals surface area contributed by atoms with E-state index in [1.165, 1.54) is 7.11 Å². The minimum absolute atomic E-state index is 0.00788. The van der Waals surface area contributed by atoms with E-state index in [4.69, 9.17) is 39.1 Å². The van der Waals surface area contributed by atoms with E-state index in [-0.39, 0.29) is 73.4 Å². The van der Waals surface area contributed by atoms with Gasteiger partial charge >= 0.3 is 0 Å². The Morgan fingerprint density at radius 1 is 0.764 bits per heavy atom. The third-order valence-electron chi connectivity index (χ3n) is 12.8. The molecule has 20 heteroatoms. The molecule has 0 radical (unpaired) electrons. The largest absolute Gasteiger partial charge is 0.400 e. The molecule has 2 bridgehead atoms. The van der Waals surface area contributed by atoms with Gasteiger partial charge in [0.25, 0.3) is 20.3 Å². The molecule has 0 spiro atoms. The summed E-state index contributed by atoms with van der Waals surface area (Å²) >= 11 is 0. The van der Waals surface area contributed by atoms with Crippen LogP contribution in [0.2, 0.25) is 0 Å². The fraction of sp³-hybridized carbons (Fsp3) is 0.846. The van der Waals surface area contributed by atoms with Gasteiger partial charge in [0.15, 0.2) is 8.45 Å². The highest BCUT2D eigenvalue weighted by Gasteiger charge is 2.61. The average Bonchev–Trinajstić information content (AvgIpc) is 4.03. The van der Waals surface area contributed by atoms with Crippen LogP contribution in [0.15, 0.2) is 12.2 Å². The van der Waals surface area contributed by atoms with Gasteiger partial charge in [0, 0.05) is 77.2 Å². The lowest BCUT2D eigenvalue weighted by Crippen LogP contribution is -2.44. The van der Waals surface area contributed by atoms with Crippen LogP contribution in [0.1, 0.15) is 156 Å². The highest BCUT2D eigenvalue weighted by Crippen LogP contribution is 2.51. The van der Waals surface area contributed by atoms with Crippen LogP contribution in [0, 0.1) is 30.4 Å². The molecule has 3 saturated heterocycles. The molecule has 0 aliphatic carbocycles. The zero-order valence-electron chi connectivity index (χ0n) is 48.2. The molecule has 2 N–H and O–H groups in total. The van der Waals surface area contributed by atoms with E-state index in [9.17, 15) is 19.2 Å². The minimum Gasteiger partial charge on any atom is -0.400 e. The number of amides is 4. The number of hydrogen-bond acceptors (Lipinski definition) is 13. The number of hydroxylamine groups is 2. The molecule has 4 aliphatic heterocycles. The minimum atomic E-state index is -1.36. The van der Waals surface area contributed by atoms with Crippen LogP contribution in [0.25, 0.3) is 9.69 Å². The maximum absolute atomic E-state index is 12.9.